The molecule has 4 nitrogen and oxygen atoms in total. The summed E-state index contributed by atoms with van der Waals surface area (Å²) in [5.74, 6) is 0. The van der Waals surface area contributed by atoms with Gasteiger partial charge in [-0.3, -0.25) is 0 Å². The molecule has 2 heterocycles. The van der Waals surface area contributed by atoms with Crippen LogP contribution in [0.3, 0.4) is 0 Å². The van der Waals surface area contributed by atoms with Crippen molar-refractivity contribution < 1.29 is 0 Å². The van der Waals surface area contributed by atoms with E-state index in [4.69, 9.17) is 0 Å². The van der Waals surface area contributed by atoms with Gasteiger partial charge in [0.25, 0.3) is 0 Å². The van der Waals surface area contributed by atoms with Crippen LogP contribution in [0.4, 0.5) is 0 Å². The molecule has 6 heteroatoms. The highest BCUT2D eigenvalue weighted by Gasteiger charge is 2.02. The Kier molecular flexibility index (Phi) is 1.40. The maximum absolute atomic E-state index is 3.97. The Morgan fingerprint density at radius 1 is 0.900 bits per heavy atom. The summed E-state index contributed by atoms with van der Waals surface area (Å²) in [4.78, 5) is 7.95. The molecule has 50 valence electrons. The van der Waals surface area contributed by atoms with Crippen LogP contribution in [0.1, 0.15) is 0 Å². The molecule has 2 aromatic heterocycles. The minimum Gasteiger partial charge on any atom is -0.220 e. The Hall–Kier alpha value is -0.880. The molecule has 0 aromatic carbocycles. The molecular formula is C4H2N4S2. The number of hydrogen-bond acceptors (Lipinski definition) is 6. The fraction of sp³-hybridized carbons (Fsp3) is 0. The summed E-state index contributed by atoms with van der Waals surface area (Å²) in [6.07, 6.45) is 3.03. The van der Waals surface area contributed by atoms with E-state index in [1.165, 1.54) is 35.7 Å². The van der Waals surface area contributed by atoms with Crippen LogP contribution in [0, 0.1) is 0 Å². The van der Waals surface area contributed by atoms with Gasteiger partial charge >= 0.3 is 0 Å². The Morgan fingerprint density at radius 2 is 1.40 bits per heavy atom. The van der Waals surface area contributed by atoms with Crippen LogP contribution in [0.2, 0.25) is 0 Å². The molecule has 0 unspecified atom stereocenters. The number of rotatable bonds is 1. The van der Waals surface area contributed by atoms with Crippen LogP contribution in [-0.4, -0.2) is 18.7 Å². The molecule has 0 spiro atoms. The molecular weight excluding hydrogens is 168 g/mol. The van der Waals surface area contributed by atoms with Crippen molar-refractivity contribution in [2.45, 2.75) is 0 Å². The van der Waals surface area contributed by atoms with E-state index in [2.05, 4.69) is 18.7 Å². The first-order chi connectivity index (χ1) is 4.97. The lowest BCUT2D eigenvalue weighted by Gasteiger charge is -1.78. The summed E-state index contributed by atoms with van der Waals surface area (Å²) in [5.41, 5.74) is 0. The van der Waals surface area contributed by atoms with E-state index in [1.54, 1.807) is 0 Å². The van der Waals surface area contributed by atoms with Crippen LogP contribution >= 0.6 is 23.1 Å². The van der Waals surface area contributed by atoms with Crippen molar-refractivity contribution in [2.75, 3.05) is 0 Å². The first-order valence-corrected chi connectivity index (χ1v) is 4.05. The molecule has 0 bridgehead atoms. The van der Waals surface area contributed by atoms with Crippen molar-refractivity contribution in [1.29, 1.82) is 0 Å². The smallest absolute Gasteiger partial charge is 0.173 e. The SMILES string of the molecule is c1nsc(-c2ncns2)n1. The number of hydrogen-bond donors (Lipinski definition) is 0. The molecule has 0 saturated heterocycles. The zero-order chi connectivity index (χ0) is 6.81. The third kappa shape index (κ3) is 0.910. The minimum absolute atomic E-state index is 0.836. The van der Waals surface area contributed by atoms with Gasteiger partial charge in [0, 0.05) is 0 Å². The average molecular weight is 170 g/mol. The van der Waals surface area contributed by atoms with E-state index in [-0.39, 0.29) is 0 Å². The molecule has 2 aromatic rings. The van der Waals surface area contributed by atoms with Gasteiger partial charge in [-0.25, -0.2) is 9.97 Å². The number of aromatic nitrogens is 4. The lowest BCUT2D eigenvalue weighted by atomic mass is 10.7. The predicted octanol–water partition coefficient (Wildman–Crippen LogP) is 1.06. The van der Waals surface area contributed by atoms with Crippen LogP contribution < -0.4 is 0 Å². The largest absolute Gasteiger partial charge is 0.220 e. The van der Waals surface area contributed by atoms with Gasteiger partial charge in [-0.2, -0.15) is 8.75 Å². The Bertz CT molecular complexity index is 255. The quantitative estimate of drug-likeness (QED) is 0.642. The second-order valence-corrected chi connectivity index (χ2v) is 3.05. The van der Waals surface area contributed by atoms with Crippen molar-refractivity contribution in [3.8, 4) is 10.0 Å². The van der Waals surface area contributed by atoms with E-state index < -0.39 is 0 Å². The molecule has 0 aliphatic rings. The predicted molar refractivity (Wildman–Crippen MR) is 38.8 cm³/mol. The maximum Gasteiger partial charge on any atom is 0.173 e. The van der Waals surface area contributed by atoms with Gasteiger partial charge in [0.1, 0.15) is 12.7 Å². The molecule has 0 aliphatic heterocycles. The van der Waals surface area contributed by atoms with Crippen molar-refractivity contribution in [2.24, 2.45) is 0 Å². The Labute approximate surface area is 64.9 Å². The normalized spacial score (nSPS) is 10.0. The second kappa shape index (κ2) is 2.39. The third-order valence-electron chi connectivity index (χ3n) is 0.906. The summed E-state index contributed by atoms with van der Waals surface area (Å²) >= 11 is 2.65. The highest BCUT2D eigenvalue weighted by molar-refractivity contribution is 7.15. The number of nitrogens with zero attached hydrogens (tertiary/aromatic N) is 4. The van der Waals surface area contributed by atoms with Crippen molar-refractivity contribution >= 4 is 23.1 Å². The topological polar surface area (TPSA) is 51.6 Å². The zero-order valence-corrected chi connectivity index (χ0v) is 6.39. The molecule has 0 atom stereocenters. The van der Waals surface area contributed by atoms with E-state index in [0.717, 1.165) is 10.0 Å². The van der Waals surface area contributed by atoms with Gasteiger partial charge < -0.3 is 0 Å². The van der Waals surface area contributed by atoms with Gasteiger partial charge in [0.2, 0.25) is 0 Å². The first-order valence-electron chi connectivity index (χ1n) is 2.50. The zero-order valence-electron chi connectivity index (χ0n) is 4.76. The standard InChI is InChI=1S/C4H2N4S2/c1-5-3(9-7-1)4-6-2-8-10-4/h1-2H. The molecule has 0 aliphatic carbocycles. The summed E-state index contributed by atoms with van der Waals surface area (Å²) in [7, 11) is 0. The molecule has 0 fully saturated rings. The molecule has 10 heavy (non-hydrogen) atoms. The van der Waals surface area contributed by atoms with Crippen molar-refractivity contribution in [3.63, 3.8) is 0 Å². The summed E-state index contributed by atoms with van der Waals surface area (Å²) < 4.78 is 7.70. The molecule has 0 N–H and O–H groups in total. The van der Waals surface area contributed by atoms with Crippen LogP contribution in [0.25, 0.3) is 10.0 Å². The minimum atomic E-state index is 0.836. The van der Waals surface area contributed by atoms with Gasteiger partial charge in [-0.1, -0.05) is 0 Å². The fourth-order valence-electron chi connectivity index (χ4n) is 0.535. The highest BCUT2D eigenvalue weighted by atomic mass is 32.1. The third-order valence-corrected chi connectivity index (χ3v) is 2.38. The van der Waals surface area contributed by atoms with Gasteiger partial charge in [-0.15, -0.1) is 0 Å². The average Bonchev–Trinajstić information content (AvgIpc) is 2.59. The Balaban J connectivity index is 2.48. The highest BCUT2D eigenvalue weighted by Crippen LogP contribution is 2.19. The molecule has 0 saturated carbocycles. The summed E-state index contributed by atoms with van der Waals surface area (Å²) in [6, 6.07) is 0. The van der Waals surface area contributed by atoms with E-state index in [0.29, 0.717) is 0 Å². The van der Waals surface area contributed by atoms with Gasteiger partial charge in [0.15, 0.2) is 10.0 Å². The Morgan fingerprint density at radius 3 is 1.70 bits per heavy atom. The van der Waals surface area contributed by atoms with E-state index in [9.17, 15) is 0 Å². The summed E-state index contributed by atoms with van der Waals surface area (Å²) in [6.45, 7) is 0. The van der Waals surface area contributed by atoms with Crippen molar-refractivity contribution in [3.05, 3.63) is 12.7 Å². The van der Waals surface area contributed by atoms with E-state index in [1.807, 2.05) is 0 Å². The molecule has 0 amide bonds. The van der Waals surface area contributed by atoms with Gasteiger partial charge in [-0.05, 0) is 23.1 Å². The van der Waals surface area contributed by atoms with Crippen LogP contribution in [0.15, 0.2) is 12.7 Å². The lowest BCUT2D eigenvalue weighted by molar-refractivity contribution is 1.29. The van der Waals surface area contributed by atoms with Crippen LogP contribution in [-0.2, 0) is 0 Å². The van der Waals surface area contributed by atoms with Gasteiger partial charge in [0.05, 0.1) is 0 Å². The second-order valence-electron chi connectivity index (χ2n) is 1.49. The molecule has 2 rings (SSSR count). The lowest BCUT2D eigenvalue weighted by Crippen LogP contribution is -1.68. The monoisotopic (exact) mass is 170 g/mol. The maximum atomic E-state index is 3.97. The fourth-order valence-corrected chi connectivity index (χ4v) is 1.60. The first kappa shape index (κ1) is 5.87. The summed E-state index contributed by atoms with van der Waals surface area (Å²) in [5, 5.41) is 1.67. The van der Waals surface area contributed by atoms with E-state index >= 15 is 0 Å². The van der Waals surface area contributed by atoms with Crippen LogP contribution in [0.5, 0.6) is 0 Å². The molecule has 0 radical (unpaired) electrons. The van der Waals surface area contributed by atoms with Crippen molar-refractivity contribution in [1.82, 2.24) is 18.7 Å².